The number of amides is 1. The lowest BCUT2D eigenvalue weighted by Crippen LogP contribution is -2.26. The zero-order chi connectivity index (χ0) is 29.0. The Morgan fingerprint density at radius 1 is 1.05 bits per heavy atom. The molecule has 0 aliphatic rings. The number of hydrogen-bond acceptors (Lipinski definition) is 5. The number of carbonyl (C=O) groups excluding carboxylic acids is 2. The molecule has 40 heavy (non-hydrogen) atoms. The van der Waals surface area contributed by atoms with Crippen LogP contribution < -0.4 is 5.32 Å². The first-order valence-corrected chi connectivity index (χ1v) is 13.2. The van der Waals surface area contributed by atoms with Crippen molar-refractivity contribution >= 4 is 22.8 Å². The SMILES string of the molecule is CCCC(c1cc(C)c(-n2cc(C(F)(F)F)cn2)c(C)c1)n1ncc2cc(C(=O)NCCC(=O)OCC)ccc21. The number of fused-ring (bicyclic) bond motifs is 1. The molecule has 4 aromatic rings. The number of aryl methyl sites for hydroxylation is 2. The minimum atomic E-state index is -4.46. The van der Waals surface area contributed by atoms with Crippen molar-refractivity contribution < 1.29 is 27.5 Å². The van der Waals surface area contributed by atoms with Crippen LogP contribution in [0.1, 0.15) is 71.8 Å². The molecule has 11 heteroatoms. The standard InChI is InChI=1S/C29H32F3N5O3/c1-5-7-24(21-12-18(3)27(19(4)13-21)36-17-23(16-34-36)29(30,31)32)37-25-9-8-20(14-22(25)15-35-37)28(39)33-11-10-26(38)40-6-2/h8-9,12-17,24H,5-7,10-11H2,1-4H3,(H,33,39). The maximum Gasteiger partial charge on any atom is 0.419 e. The van der Waals surface area contributed by atoms with Crippen molar-refractivity contribution in [1.29, 1.82) is 0 Å². The Bertz CT molecular complexity index is 1500. The lowest BCUT2D eigenvalue weighted by molar-refractivity contribution is -0.143. The van der Waals surface area contributed by atoms with Crippen LogP contribution in [0.3, 0.4) is 0 Å². The molecule has 4 rings (SSSR count). The van der Waals surface area contributed by atoms with Crippen LogP contribution in [0.5, 0.6) is 0 Å². The van der Waals surface area contributed by atoms with Crippen LogP contribution in [-0.4, -0.2) is 44.6 Å². The molecule has 1 atom stereocenters. The summed E-state index contributed by atoms with van der Waals surface area (Å²) in [6.07, 6.45) is 0.841. The van der Waals surface area contributed by atoms with Gasteiger partial charge in [-0.3, -0.25) is 14.3 Å². The van der Waals surface area contributed by atoms with Crippen molar-refractivity contribution in [2.24, 2.45) is 0 Å². The number of nitrogens with zero attached hydrogens (tertiary/aromatic N) is 4. The van der Waals surface area contributed by atoms with Gasteiger partial charge in [0.05, 0.1) is 48.2 Å². The maximum atomic E-state index is 13.1. The molecule has 2 aromatic heterocycles. The van der Waals surface area contributed by atoms with Gasteiger partial charge in [0.15, 0.2) is 0 Å². The van der Waals surface area contributed by atoms with Crippen molar-refractivity contribution in [3.05, 3.63) is 76.7 Å². The third-order valence-electron chi connectivity index (χ3n) is 6.67. The van der Waals surface area contributed by atoms with Gasteiger partial charge in [-0.15, -0.1) is 0 Å². The molecule has 212 valence electrons. The number of alkyl halides is 3. The fourth-order valence-corrected chi connectivity index (χ4v) is 4.89. The van der Waals surface area contributed by atoms with Gasteiger partial charge in [0.2, 0.25) is 0 Å². The number of carbonyl (C=O) groups is 2. The van der Waals surface area contributed by atoms with Gasteiger partial charge in [-0.05, 0) is 62.1 Å². The van der Waals surface area contributed by atoms with Crippen LogP contribution in [0.15, 0.2) is 48.9 Å². The third-order valence-corrected chi connectivity index (χ3v) is 6.67. The molecule has 0 saturated heterocycles. The summed E-state index contributed by atoms with van der Waals surface area (Å²) in [4.78, 5) is 24.1. The number of nitrogens with one attached hydrogen (secondary N) is 1. The van der Waals surface area contributed by atoms with Gasteiger partial charge in [0.1, 0.15) is 0 Å². The molecule has 0 spiro atoms. The number of hydrogen-bond donors (Lipinski definition) is 1. The van der Waals surface area contributed by atoms with Crippen LogP contribution in [-0.2, 0) is 15.7 Å². The van der Waals surface area contributed by atoms with E-state index in [0.717, 1.165) is 52.8 Å². The lowest BCUT2D eigenvalue weighted by Gasteiger charge is -2.21. The molecule has 0 radical (unpaired) electrons. The van der Waals surface area contributed by atoms with Crippen molar-refractivity contribution in [2.75, 3.05) is 13.2 Å². The number of esters is 1. The second kappa shape index (κ2) is 11.9. The van der Waals surface area contributed by atoms with Gasteiger partial charge in [-0.2, -0.15) is 23.4 Å². The topological polar surface area (TPSA) is 91.0 Å². The Morgan fingerprint density at radius 2 is 1.77 bits per heavy atom. The molecule has 0 aliphatic heterocycles. The lowest BCUT2D eigenvalue weighted by atomic mass is 9.96. The Kier molecular flexibility index (Phi) is 8.61. The fraction of sp³-hybridized carbons (Fsp3) is 0.379. The van der Waals surface area contributed by atoms with Crippen LogP contribution in [0.2, 0.25) is 0 Å². The Hall–Kier alpha value is -4.15. The second-order valence-corrected chi connectivity index (χ2v) is 9.65. The summed E-state index contributed by atoms with van der Waals surface area (Å²) in [5.41, 5.74) is 3.69. The van der Waals surface area contributed by atoms with E-state index >= 15 is 0 Å². The van der Waals surface area contributed by atoms with Gasteiger partial charge in [0, 0.05) is 23.7 Å². The maximum absolute atomic E-state index is 13.1. The van der Waals surface area contributed by atoms with E-state index in [4.69, 9.17) is 4.74 Å². The van der Waals surface area contributed by atoms with E-state index in [0.29, 0.717) is 17.9 Å². The second-order valence-electron chi connectivity index (χ2n) is 9.65. The van der Waals surface area contributed by atoms with E-state index in [-0.39, 0.29) is 30.9 Å². The molecule has 2 aromatic carbocycles. The van der Waals surface area contributed by atoms with Crippen molar-refractivity contribution in [1.82, 2.24) is 24.9 Å². The molecule has 0 saturated carbocycles. The first-order valence-electron chi connectivity index (χ1n) is 13.2. The number of rotatable bonds is 10. The molecule has 1 N–H and O–H groups in total. The van der Waals surface area contributed by atoms with Crippen molar-refractivity contribution in [2.45, 2.75) is 59.2 Å². The normalized spacial score (nSPS) is 12.5. The molecule has 0 bridgehead atoms. The van der Waals surface area contributed by atoms with Crippen LogP contribution >= 0.6 is 0 Å². The smallest absolute Gasteiger partial charge is 0.419 e. The van der Waals surface area contributed by atoms with Crippen molar-refractivity contribution in [3.8, 4) is 5.69 Å². The number of benzene rings is 2. The average Bonchev–Trinajstić information content (AvgIpc) is 3.54. The molecule has 0 aliphatic carbocycles. The molecule has 0 fully saturated rings. The minimum Gasteiger partial charge on any atom is -0.466 e. The van der Waals surface area contributed by atoms with Gasteiger partial charge >= 0.3 is 12.1 Å². The van der Waals surface area contributed by atoms with Crippen LogP contribution in [0, 0.1) is 13.8 Å². The third kappa shape index (κ3) is 6.19. The monoisotopic (exact) mass is 555 g/mol. The zero-order valence-electron chi connectivity index (χ0n) is 22.9. The van der Waals surface area contributed by atoms with Gasteiger partial charge in [-0.25, -0.2) is 4.68 Å². The summed E-state index contributed by atoms with van der Waals surface area (Å²) in [6, 6.07) is 9.14. The first kappa shape index (κ1) is 28.8. The number of aromatic nitrogens is 4. The van der Waals surface area contributed by atoms with Crippen molar-refractivity contribution in [3.63, 3.8) is 0 Å². The molecular weight excluding hydrogens is 523 g/mol. The molecule has 1 unspecified atom stereocenters. The summed E-state index contributed by atoms with van der Waals surface area (Å²) >= 11 is 0. The summed E-state index contributed by atoms with van der Waals surface area (Å²) in [6.45, 7) is 8.00. The predicted octanol–water partition coefficient (Wildman–Crippen LogP) is 5.93. The van der Waals surface area contributed by atoms with E-state index in [9.17, 15) is 22.8 Å². The van der Waals surface area contributed by atoms with E-state index in [1.165, 1.54) is 4.68 Å². The van der Waals surface area contributed by atoms with E-state index in [1.807, 2.05) is 36.7 Å². The van der Waals surface area contributed by atoms with E-state index in [1.54, 1.807) is 25.3 Å². The van der Waals surface area contributed by atoms with Gasteiger partial charge < -0.3 is 10.1 Å². The Labute approximate surface area is 230 Å². The minimum absolute atomic E-state index is 0.0972. The van der Waals surface area contributed by atoms with Gasteiger partial charge in [-0.1, -0.05) is 25.5 Å². The summed E-state index contributed by atoms with van der Waals surface area (Å²) in [5, 5.41) is 12.1. The highest BCUT2D eigenvalue weighted by Gasteiger charge is 2.32. The fourth-order valence-electron chi connectivity index (χ4n) is 4.89. The van der Waals surface area contributed by atoms with E-state index < -0.39 is 11.7 Å². The highest BCUT2D eigenvalue weighted by molar-refractivity contribution is 5.98. The summed E-state index contributed by atoms with van der Waals surface area (Å²) < 4.78 is 47.5. The zero-order valence-corrected chi connectivity index (χ0v) is 22.9. The summed E-state index contributed by atoms with van der Waals surface area (Å²) in [7, 11) is 0. The average molecular weight is 556 g/mol. The van der Waals surface area contributed by atoms with E-state index in [2.05, 4.69) is 22.4 Å². The molecule has 2 heterocycles. The highest BCUT2D eigenvalue weighted by Crippen LogP contribution is 2.33. The predicted molar refractivity (Wildman–Crippen MR) is 144 cm³/mol. The van der Waals surface area contributed by atoms with Crippen LogP contribution in [0.4, 0.5) is 13.2 Å². The van der Waals surface area contributed by atoms with Gasteiger partial charge in [0.25, 0.3) is 5.91 Å². The van der Waals surface area contributed by atoms with Crippen LogP contribution in [0.25, 0.3) is 16.6 Å². The summed E-state index contributed by atoms with van der Waals surface area (Å²) in [5.74, 6) is -0.658. The number of halogens is 3. The largest absolute Gasteiger partial charge is 0.466 e. The molecule has 1 amide bonds. The molecular formula is C29H32F3N5O3. The quantitative estimate of drug-likeness (QED) is 0.245. The first-order chi connectivity index (χ1) is 19.0. The Morgan fingerprint density at radius 3 is 2.40 bits per heavy atom. The molecule has 8 nitrogen and oxygen atoms in total. The highest BCUT2D eigenvalue weighted by atomic mass is 19.4. The Balaban J connectivity index is 1.60. The number of ether oxygens (including phenoxy) is 1.